The monoisotopic (exact) mass is 302 g/mol. The number of carbonyl (C=O) groups excluding carboxylic acids is 1. The Hall–Kier alpha value is -1.60. The number of esters is 1. The Morgan fingerprint density at radius 1 is 1.38 bits per heavy atom. The van der Waals surface area contributed by atoms with Gasteiger partial charge in [-0.25, -0.2) is 23.0 Å². The summed E-state index contributed by atoms with van der Waals surface area (Å²) < 4.78 is 45.2. The molecule has 2 aliphatic rings. The van der Waals surface area contributed by atoms with Crippen molar-refractivity contribution in [1.82, 2.24) is 10.4 Å². The fourth-order valence-corrected chi connectivity index (χ4v) is 2.37. The number of allylic oxidation sites excluding steroid dienone is 4. The topological polar surface area (TPSA) is 41.6 Å². The molecule has 21 heavy (non-hydrogen) atoms. The fourth-order valence-electron chi connectivity index (χ4n) is 2.37. The third kappa shape index (κ3) is 3.74. The van der Waals surface area contributed by atoms with Crippen molar-refractivity contribution in [1.29, 1.82) is 0 Å². The SMILES string of the molecule is COC(=O)C(C1=CC(F)C=C(F)C(F)=C1)N1CCCCN1. The number of hydrazine groups is 1. The van der Waals surface area contributed by atoms with Gasteiger partial charge in [0.1, 0.15) is 12.2 Å². The molecule has 0 aromatic heterocycles. The largest absolute Gasteiger partial charge is 0.468 e. The van der Waals surface area contributed by atoms with Crippen LogP contribution in [0.2, 0.25) is 0 Å². The summed E-state index contributed by atoms with van der Waals surface area (Å²) in [4.78, 5) is 12.0. The number of ether oxygens (including phenoxy) is 1. The van der Waals surface area contributed by atoms with E-state index in [9.17, 15) is 18.0 Å². The van der Waals surface area contributed by atoms with Crippen molar-refractivity contribution in [2.24, 2.45) is 0 Å². The van der Waals surface area contributed by atoms with Crippen LogP contribution in [0.15, 0.2) is 35.5 Å². The Bertz CT molecular complexity index is 496. The van der Waals surface area contributed by atoms with Crippen LogP contribution in [0.1, 0.15) is 12.8 Å². The maximum atomic E-state index is 13.6. The second kappa shape index (κ2) is 6.91. The highest BCUT2D eigenvalue weighted by Gasteiger charge is 2.32. The van der Waals surface area contributed by atoms with E-state index in [1.807, 2.05) is 0 Å². The Kier molecular flexibility index (Phi) is 5.19. The summed E-state index contributed by atoms with van der Waals surface area (Å²) >= 11 is 0. The van der Waals surface area contributed by atoms with E-state index in [4.69, 9.17) is 4.74 Å². The molecule has 0 radical (unpaired) electrons. The van der Waals surface area contributed by atoms with Crippen LogP contribution in [-0.2, 0) is 9.53 Å². The van der Waals surface area contributed by atoms with Crippen LogP contribution in [0.3, 0.4) is 0 Å². The van der Waals surface area contributed by atoms with Crippen LogP contribution in [0.25, 0.3) is 0 Å². The molecule has 2 unspecified atom stereocenters. The summed E-state index contributed by atoms with van der Waals surface area (Å²) in [6.45, 7) is 1.18. The minimum atomic E-state index is -1.80. The van der Waals surface area contributed by atoms with E-state index in [0.717, 1.165) is 25.0 Å². The summed E-state index contributed by atoms with van der Waals surface area (Å²) in [5, 5.41) is 1.57. The molecular weight excluding hydrogens is 285 g/mol. The molecule has 0 aromatic carbocycles. The number of rotatable bonds is 3. The normalized spacial score (nSPS) is 25.3. The molecule has 0 spiro atoms. The zero-order chi connectivity index (χ0) is 15.4. The zero-order valence-corrected chi connectivity index (χ0v) is 11.6. The lowest BCUT2D eigenvalue weighted by Gasteiger charge is -2.34. The summed E-state index contributed by atoms with van der Waals surface area (Å²) in [6.07, 6.45) is 2.35. The Balaban J connectivity index is 2.34. The van der Waals surface area contributed by atoms with E-state index in [1.165, 1.54) is 7.11 Å². The van der Waals surface area contributed by atoms with Gasteiger partial charge < -0.3 is 4.74 Å². The quantitative estimate of drug-likeness (QED) is 0.811. The van der Waals surface area contributed by atoms with Gasteiger partial charge in [0.15, 0.2) is 11.7 Å². The first-order chi connectivity index (χ1) is 10.0. The number of halogens is 3. The average Bonchev–Trinajstić information content (AvgIpc) is 2.59. The van der Waals surface area contributed by atoms with Crippen molar-refractivity contribution >= 4 is 5.97 Å². The molecule has 1 N–H and O–H groups in total. The molecule has 0 amide bonds. The van der Waals surface area contributed by atoms with Gasteiger partial charge in [0.05, 0.1) is 7.11 Å². The first-order valence-electron chi connectivity index (χ1n) is 6.71. The number of nitrogens with zero attached hydrogens (tertiary/aromatic N) is 1. The number of alkyl halides is 1. The third-order valence-corrected chi connectivity index (χ3v) is 3.37. The second-order valence-corrected chi connectivity index (χ2v) is 4.85. The smallest absolute Gasteiger partial charge is 0.329 e. The van der Waals surface area contributed by atoms with E-state index < -0.39 is 29.8 Å². The van der Waals surface area contributed by atoms with Gasteiger partial charge in [-0.2, -0.15) is 0 Å². The van der Waals surface area contributed by atoms with E-state index >= 15 is 0 Å². The van der Waals surface area contributed by atoms with Gasteiger partial charge in [-0.15, -0.1) is 0 Å². The van der Waals surface area contributed by atoms with Gasteiger partial charge in [0.2, 0.25) is 0 Å². The van der Waals surface area contributed by atoms with Crippen LogP contribution < -0.4 is 5.43 Å². The van der Waals surface area contributed by atoms with Crippen LogP contribution in [-0.4, -0.2) is 43.4 Å². The van der Waals surface area contributed by atoms with E-state index in [2.05, 4.69) is 5.43 Å². The standard InChI is InChI=1S/C14H17F3N2O2/c1-21-14(20)13(19-5-3-2-4-18-19)9-6-10(15)8-12(17)11(16)7-9/h6-8,10,13,18H,2-5H2,1H3. The van der Waals surface area contributed by atoms with Gasteiger partial charge in [-0.3, -0.25) is 5.43 Å². The molecule has 1 fully saturated rings. The molecule has 1 aliphatic carbocycles. The van der Waals surface area contributed by atoms with Crippen LogP contribution in [0.4, 0.5) is 13.2 Å². The number of carbonyl (C=O) groups is 1. The lowest BCUT2D eigenvalue weighted by atomic mass is 10.0. The summed E-state index contributed by atoms with van der Waals surface area (Å²) in [6, 6.07) is -1.02. The van der Waals surface area contributed by atoms with Gasteiger partial charge in [-0.05, 0) is 36.6 Å². The molecular formula is C14H17F3N2O2. The Labute approximate surface area is 120 Å². The van der Waals surface area contributed by atoms with Crippen LogP contribution in [0.5, 0.6) is 0 Å². The highest BCUT2D eigenvalue weighted by Crippen LogP contribution is 2.26. The van der Waals surface area contributed by atoms with Gasteiger partial charge in [0.25, 0.3) is 0 Å². The zero-order valence-electron chi connectivity index (χ0n) is 11.6. The molecule has 1 aliphatic heterocycles. The minimum Gasteiger partial charge on any atom is -0.468 e. The first kappa shape index (κ1) is 15.8. The van der Waals surface area contributed by atoms with Crippen LogP contribution >= 0.6 is 0 Å². The fraction of sp³-hybridized carbons (Fsp3) is 0.500. The maximum Gasteiger partial charge on any atom is 0.329 e. The number of hydrogen-bond donors (Lipinski definition) is 1. The van der Waals surface area contributed by atoms with Crippen molar-refractivity contribution in [2.75, 3.05) is 20.2 Å². The molecule has 116 valence electrons. The van der Waals surface area contributed by atoms with E-state index in [1.54, 1.807) is 5.01 Å². The second-order valence-electron chi connectivity index (χ2n) is 4.85. The highest BCUT2D eigenvalue weighted by molar-refractivity contribution is 5.80. The van der Waals surface area contributed by atoms with Gasteiger partial charge >= 0.3 is 5.97 Å². The molecule has 2 rings (SSSR count). The van der Waals surface area contributed by atoms with Crippen molar-refractivity contribution in [3.05, 3.63) is 35.5 Å². The molecule has 0 aromatic rings. The van der Waals surface area contributed by atoms with Crippen molar-refractivity contribution in [3.63, 3.8) is 0 Å². The molecule has 1 heterocycles. The summed E-state index contributed by atoms with van der Waals surface area (Å²) in [5.41, 5.74) is 3.03. The predicted molar refractivity (Wildman–Crippen MR) is 71.1 cm³/mol. The van der Waals surface area contributed by atoms with Crippen molar-refractivity contribution < 1.29 is 22.7 Å². The molecule has 2 atom stereocenters. The van der Waals surface area contributed by atoms with Gasteiger partial charge in [0, 0.05) is 13.1 Å². The molecule has 0 saturated carbocycles. The number of nitrogens with one attached hydrogen (secondary N) is 1. The first-order valence-corrected chi connectivity index (χ1v) is 6.71. The lowest BCUT2D eigenvalue weighted by molar-refractivity contribution is -0.147. The molecule has 7 heteroatoms. The van der Waals surface area contributed by atoms with Crippen LogP contribution in [0, 0.1) is 0 Å². The Morgan fingerprint density at radius 3 is 2.76 bits per heavy atom. The van der Waals surface area contributed by atoms with Gasteiger partial charge in [-0.1, -0.05) is 0 Å². The highest BCUT2D eigenvalue weighted by atomic mass is 19.2. The van der Waals surface area contributed by atoms with Crippen molar-refractivity contribution in [2.45, 2.75) is 25.1 Å². The maximum absolute atomic E-state index is 13.6. The molecule has 4 nitrogen and oxygen atoms in total. The summed E-state index contributed by atoms with van der Waals surface area (Å²) in [7, 11) is 1.20. The lowest BCUT2D eigenvalue weighted by Crippen LogP contribution is -2.53. The summed E-state index contributed by atoms with van der Waals surface area (Å²) in [5.74, 6) is -3.13. The van der Waals surface area contributed by atoms with E-state index in [0.29, 0.717) is 19.2 Å². The average molecular weight is 302 g/mol. The predicted octanol–water partition coefficient (Wildman–Crippen LogP) is 2.11. The van der Waals surface area contributed by atoms with E-state index in [-0.39, 0.29) is 5.57 Å². The van der Waals surface area contributed by atoms with Crippen molar-refractivity contribution in [3.8, 4) is 0 Å². The minimum absolute atomic E-state index is 0.0325. The third-order valence-electron chi connectivity index (χ3n) is 3.37. The molecule has 0 bridgehead atoms. The number of hydrogen-bond acceptors (Lipinski definition) is 4. The molecule has 1 saturated heterocycles. The number of methoxy groups -OCH3 is 1. The Morgan fingerprint density at radius 2 is 2.14 bits per heavy atom.